The molecule has 4 heteroatoms. The highest BCUT2D eigenvalue weighted by Crippen LogP contribution is 2.17. The van der Waals surface area contributed by atoms with Crippen LogP contribution in [-0.2, 0) is 0 Å². The maximum absolute atomic E-state index is 4.09. The summed E-state index contributed by atoms with van der Waals surface area (Å²) in [6.45, 7) is 8.00. The zero-order valence-corrected chi connectivity index (χ0v) is 12.3. The molecular formula is C14H21N3S. The van der Waals surface area contributed by atoms with Gasteiger partial charge in [0.05, 0.1) is 5.70 Å². The molecule has 2 rings (SSSR count). The van der Waals surface area contributed by atoms with E-state index in [1.54, 1.807) is 6.20 Å². The zero-order valence-electron chi connectivity index (χ0n) is 11.5. The molecule has 3 nitrogen and oxygen atoms in total. The van der Waals surface area contributed by atoms with Gasteiger partial charge in [-0.2, -0.15) is 0 Å². The summed E-state index contributed by atoms with van der Waals surface area (Å²) in [5, 5.41) is 10.7. The quantitative estimate of drug-likeness (QED) is 0.632. The minimum absolute atomic E-state index is 0.691. The minimum Gasteiger partial charge on any atom is -0.226 e. The average molecular weight is 263 g/mol. The smallest absolute Gasteiger partial charge is 0.226 e. The van der Waals surface area contributed by atoms with Crippen molar-refractivity contribution in [3.8, 4) is 0 Å². The summed E-state index contributed by atoms with van der Waals surface area (Å²) in [5.41, 5.74) is 0.880. The molecule has 0 atom stereocenters. The number of azo groups is 1. The van der Waals surface area contributed by atoms with Crippen LogP contribution in [0.5, 0.6) is 0 Å². The Morgan fingerprint density at radius 3 is 2.56 bits per heavy atom. The number of thiazole rings is 1. The van der Waals surface area contributed by atoms with E-state index in [0.29, 0.717) is 5.13 Å². The first-order chi connectivity index (χ1) is 8.95. The van der Waals surface area contributed by atoms with Crippen molar-refractivity contribution in [1.82, 2.24) is 4.98 Å². The number of nitrogens with zero attached hydrogens (tertiary/aromatic N) is 3. The third kappa shape index (κ3) is 6.91. The monoisotopic (exact) mass is 263 g/mol. The van der Waals surface area contributed by atoms with E-state index >= 15 is 0 Å². The van der Waals surface area contributed by atoms with Crippen molar-refractivity contribution in [2.24, 2.45) is 10.2 Å². The van der Waals surface area contributed by atoms with Crippen LogP contribution in [0, 0.1) is 0 Å². The number of hydrogen-bond donors (Lipinski definition) is 0. The molecule has 1 heterocycles. The van der Waals surface area contributed by atoms with E-state index in [2.05, 4.69) is 21.3 Å². The maximum atomic E-state index is 4.09. The predicted molar refractivity (Wildman–Crippen MR) is 80.3 cm³/mol. The van der Waals surface area contributed by atoms with Crippen molar-refractivity contribution in [1.29, 1.82) is 0 Å². The molecule has 0 unspecified atom stereocenters. The van der Waals surface area contributed by atoms with Crippen LogP contribution in [0.25, 0.3) is 0 Å². The molecule has 0 fully saturated rings. The van der Waals surface area contributed by atoms with E-state index in [9.17, 15) is 0 Å². The van der Waals surface area contributed by atoms with Gasteiger partial charge in [-0.25, -0.2) is 4.98 Å². The highest BCUT2D eigenvalue weighted by molar-refractivity contribution is 7.13. The zero-order chi connectivity index (χ0) is 13.6. The van der Waals surface area contributed by atoms with Gasteiger partial charge in [0.2, 0.25) is 5.13 Å². The molecule has 0 aliphatic heterocycles. The predicted octanol–water partition coefficient (Wildman–Crippen LogP) is 5.68. The Labute approximate surface area is 114 Å². The van der Waals surface area contributed by atoms with Crippen molar-refractivity contribution in [2.75, 3.05) is 0 Å². The first-order valence-electron chi connectivity index (χ1n) is 6.30. The normalized spacial score (nSPS) is 13.0. The van der Waals surface area contributed by atoms with Crippen molar-refractivity contribution < 1.29 is 0 Å². The maximum Gasteiger partial charge on any atom is 0.229 e. The van der Waals surface area contributed by atoms with Crippen LogP contribution in [0.2, 0.25) is 0 Å². The Morgan fingerprint density at radius 1 is 1.11 bits per heavy atom. The van der Waals surface area contributed by atoms with E-state index in [0.717, 1.165) is 12.1 Å². The van der Waals surface area contributed by atoms with Gasteiger partial charge in [0.15, 0.2) is 0 Å². The summed E-state index contributed by atoms with van der Waals surface area (Å²) in [4.78, 5) is 4.02. The Balaban J connectivity index is 0.000000659. The second-order valence-corrected chi connectivity index (χ2v) is 3.54. The van der Waals surface area contributed by atoms with Crippen LogP contribution in [0.15, 0.2) is 57.9 Å². The minimum atomic E-state index is 0.691. The molecule has 1 aliphatic carbocycles. The Morgan fingerprint density at radius 2 is 1.89 bits per heavy atom. The van der Waals surface area contributed by atoms with Gasteiger partial charge in [-0.15, -0.1) is 21.6 Å². The highest BCUT2D eigenvalue weighted by Gasteiger charge is 1.92. The molecule has 98 valence electrons. The molecule has 1 aromatic heterocycles. The molecule has 1 aromatic rings. The number of allylic oxidation sites excluding steroid dienone is 5. The van der Waals surface area contributed by atoms with Crippen LogP contribution in [0.3, 0.4) is 0 Å². The number of aromatic nitrogens is 1. The van der Waals surface area contributed by atoms with Crippen LogP contribution >= 0.6 is 11.3 Å². The summed E-state index contributed by atoms with van der Waals surface area (Å²) in [7, 11) is 0. The molecule has 0 saturated carbocycles. The lowest BCUT2D eigenvalue weighted by atomic mass is 10.3. The highest BCUT2D eigenvalue weighted by atomic mass is 32.1. The average Bonchev–Trinajstić information content (AvgIpc) is 2.84. The lowest BCUT2D eigenvalue weighted by Crippen LogP contribution is -1.68. The van der Waals surface area contributed by atoms with Gasteiger partial charge in [-0.05, 0) is 12.5 Å². The Hall–Kier alpha value is -1.55. The van der Waals surface area contributed by atoms with Gasteiger partial charge in [0, 0.05) is 11.6 Å². The summed E-state index contributed by atoms with van der Waals surface area (Å²) in [6.07, 6.45) is 12.6. The van der Waals surface area contributed by atoms with Crippen LogP contribution in [0.4, 0.5) is 5.13 Å². The Kier molecular flexibility index (Phi) is 10.9. The molecule has 0 radical (unpaired) electrons. The summed E-state index contributed by atoms with van der Waals surface area (Å²) in [5.74, 6) is 0. The molecular weight excluding hydrogens is 242 g/mol. The van der Waals surface area contributed by atoms with E-state index in [1.807, 2.05) is 57.4 Å². The molecule has 0 amide bonds. The second-order valence-electron chi connectivity index (χ2n) is 2.67. The number of hydrogen-bond acceptors (Lipinski definition) is 4. The molecule has 0 aromatic carbocycles. The fraction of sp³-hybridized carbons (Fsp3) is 0.357. The van der Waals surface area contributed by atoms with Crippen molar-refractivity contribution >= 4 is 16.5 Å². The lowest BCUT2D eigenvalue weighted by Gasteiger charge is -1.88. The fourth-order valence-corrected chi connectivity index (χ4v) is 1.46. The van der Waals surface area contributed by atoms with Crippen molar-refractivity contribution in [2.45, 2.75) is 34.1 Å². The molecule has 0 bridgehead atoms. The third-order valence-electron chi connectivity index (χ3n) is 1.65. The molecule has 0 spiro atoms. The van der Waals surface area contributed by atoms with E-state index in [1.165, 1.54) is 11.3 Å². The van der Waals surface area contributed by atoms with Gasteiger partial charge in [0.1, 0.15) is 0 Å². The molecule has 0 N–H and O–H groups in total. The SMILES string of the molecule is C1=CCC=C(N=Nc2nccs2)C=C1.CC.CC. The van der Waals surface area contributed by atoms with Gasteiger partial charge in [0.25, 0.3) is 0 Å². The van der Waals surface area contributed by atoms with Crippen molar-refractivity contribution in [3.63, 3.8) is 0 Å². The van der Waals surface area contributed by atoms with Crippen LogP contribution < -0.4 is 0 Å². The van der Waals surface area contributed by atoms with E-state index in [-0.39, 0.29) is 0 Å². The van der Waals surface area contributed by atoms with Gasteiger partial charge < -0.3 is 0 Å². The second kappa shape index (κ2) is 11.9. The first kappa shape index (κ1) is 16.4. The topological polar surface area (TPSA) is 37.6 Å². The fourth-order valence-electron chi connectivity index (χ4n) is 1.01. The summed E-state index contributed by atoms with van der Waals surface area (Å²) < 4.78 is 0. The van der Waals surface area contributed by atoms with Gasteiger partial charge in [-0.3, -0.25) is 0 Å². The van der Waals surface area contributed by atoms with Crippen LogP contribution in [-0.4, -0.2) is 4.98 Å². The van der Waals surface area contributed by atoms with E-state index in [4.69, 9.17) is 0 Å². The van der Waals surface area contributed by atoms with Gasteiger partial charge in [-0.1, -0.05) is 52.0 Å². The lowest BCUT2D eigenvalue weighted by molar-refractivity contribution is 1.13. The number of rotatable bonds is 2. The first-order valence-corrected chi connectivity index (χ1v) is 7.18. The van der Waals surface area contributed by atoms with Crippen LogP contribution in [0.1, 0.15) is 34.1 Å². The molecule has 1 aliphatic rings. The molecule has 0 saturated heterocycles. The Bertz CT molecular complexity index is 401. The summed E-state index contributed by atoms with van der Waals surface area (Å²) in [6, 6.07) is 0. The largest absolute Gasteiger partial charge is 0.229 e. The standard InChI is InChI=1S/C10H9N3S.2C2H6/c1-2-4-6-9(5-3-1)12-13-10-11-7-8-14-10;2*1-2/h1-3,5-8H,4H2;2*1-2H3. The summed E-state index contributed by atoms with van der Waals surface area (Å²) >= 11 is 1.48. The van der Waals surface area contributed by atoms with E-state index < -0.39 is 0 Å². The van der Waals surface area contributed by atoms with Gasteiger partial charge >= 0.3 is 0 Å². The third-order valence-corrected chi connectivity index (χ3v) is 2.30. The van der Waals surface area contributed by atoms with Crippen molar-refractivity contribution in [3.05, 3.63) is 47.7 Å². The molecule has 18 heavy (non-hydrogen) atoms.